The average Bonchev–Trinajstić information content (AvgIpc) is 3.98. The van der Waals surface area contributed by atoms with E-state index in [1.807, 2.05) is 42.6 Å². The number of fused-ring (bicyclic) bond motifs is 1. The van der Waals surface area contributed by atoms with Crippen molar-refractivity contribution in [3.8, 4) is 11.7 Å². The van der Waals surface area contributed by atoms with Gasteiger partial charge in [-0.15, -0.1) is 5.10 Å². The van der Waals surface area contributed by atoms with Crippen molar-refractivity contribution < 1.29 is 19.1 Å². The van der Waals surface area contributed by atoms with E-state index in [1.54, 1.807) is 16.8 Å². The fourth-order valence-electron chi connectivity index (χ4n) is 8.42. The van der Waals surface area contributed by atoms with Gasteiger partial charge in [0.05, 0.1) is 12.2 Å². The number of nitrogens with one attached hydrogen (secondary N) is 1. The minimum Gasteiger partial charge on any atom is -0.477 e. The number of anilines is 1. The molecule has 238 valence electrons. The van der Waals surface area contributed by atoms with Gasteiger partial charge in [-0.1, -0.05) is 30.3 Å². The van der Waals surface area contributed by atoms with E-state index in [2.05, 4.69) is 29.2 Å². The molecule has 3 aromatic rings. The molecular weight excluding hydrogens is 568 g/mol. The minimum absolute atomic E-state index is 0.235. The zero-order valence-electron chi connectivity index (χ0n) is 26.3. The molecule has 2 spiro atoms. The van der Waals surface area contributed by atoms with Gasteiger partial charge in [0.25, 0.3) is 5.91 Å². The smallest absolute Gasteiger partial charge is 0.407 e. The number of carbonyl (C=O) groups is 2. The number of alkyl carbamates (subject to hydrolysis) is 1. The molecule has 3 saturated carbocycles. The molecule has 3 N–H and O–H groups in total. The molecule has 1 atom stereocenters. The summed E-state index contributed by atoms with van der Waals surface area (Å²) in [5.74, 6) is 2.49. The first-order valence-electron chi connectivity index (χ1n) is 16.4. The first-order chi connectivity index (χ1) is 21.7. The molecule has 7 rings (SSSR count). The summed E-state index contributed by atoms with van der Waals surface area (Å²) in [6.07, 6.45) is 10.9. The summed E-state index contributed by atoms with van der Waals surface area (Å²) in [6.45, 7) is 6.56. The first kappa shape index (κ1) is 29.6. The van der Waals surface area contributed by atoms with Gasteiger partial charge in [-0.25, -0.2) is 14.5 Å². The van der Waals surface area contributed by atoms with Gasteiger partial charge in [-0.3, -0.25) is 4.79 Å². The van der Waals surface area contributed by atoms with Gasteiger partial charge in [-0.05, 0) is 106 Å². The third-order valence-electron chi connectivity index (χ3n) is 10.9. The van der Waals surface area contributed by atoms with E-state index in [0.29, 0.717) is 53.0 Å². The van der Waals surface area contributed by atoms with E-state index in [9.17, 15) is 9.59 Å². The summed E-state index contributed by atoms with van der Waals surface area (Å²) in [4.78, 5) is 31.7. The van der Waals surface area contributed by atoms with Gasteiger partial charge in [-0.2, -0.15) is 0 Å². The lowest BCUT2D eigenvalue weighted by atomic mass is 9.93. The molecule has 2 aromatic heterocycles. The van der Waals surface area contributed by atoms with Gasteiger partial charge >= 0.3 is 6.09 Å². The Kier molecular flexibility index (Phi) is 7.49. The maximum Gasteiger partial charge on any atom is 0.407 e. The van der Waals surface area contributed by atoms with Crippen LogP contribution >= 0.6 is 0 Å². The number of rotatable bonds is 13. The molecule has 1 saturated heterocycles. The molecule has 10 heteroatoms. The third-order valence-corrected chi connectivity index (χ3v) is 10.9. The molecule has 10 nitrogen and oxygen atoms in total. The lowest BCUT2D eigenvalue weighted by Gasteiger charge is -2.33. The third kappa shape index (κ3) is 5.75. The van der Waals surface area contributed by atoms with Gasteiger partial charge in [0.15, 0.2) is 5.82 Å². The molecule has 0 unspecified atom stereocenters. The first-order valence-corrected chi connectivity index (χ1v) is 16.4. The number of hydrogen-bond donors (Lipinski definition) is 2. The fraction of sp³-hybridized carbons (Fsp3) is 0.543. The molecule has 3 heterocycles. The zero-order valence-corrected chi connectivity index (χ0v) is 26.3. The van der Waals surface area contributed by atoms with E-state index >= 15 is 0 Å². The number of nitrogens with two attached hydrogens (primary N) is 1. The highest BCUT2D eigenvalue weighted by molar-refractivity contribution is 5.98. The van der Waals surface area contributed by atoms with Crippen LogP contribution < -0.4 is 20.7 Å². The Labute approximate surface area is 264 Å². The van der Waals surface area contributed by atoms with Crippen molar-refractivity contribution in [3.63, 3.8) is 0 Å². The minimum atomic E-state index is -0.507. The average molecular weight is 613 g/mol. The number of nitrogens with zero attached hydrogens (tertiary/aromatic N) is 4. The normalized spacial score (nSPS) is 21.6. The van der Waals surface area contributed by atoms with Crippen molar-refractivity contribution in [1.29, 1.82) is 0 Å². The number of pyridine rings is 1. The molecule has 3 aliphatic carbocycles. The summed E-state index contributed by atoms with van der Waals surface area (Å²) in [5.41, 5.74) is 8.31. The Balaban J connectivity index is 0.938. The van der Waals surface area contributed by atoms with Crippen LogP contribution in [0, 0.1) is 22.7 Å². The summed E-state index contributed by atoms with van der Waals surface area (Å²) in [6, 6.07) is 15.0. The van der Waals surface area contributed by atoms with Gasteiger partial charge in [0, 0.05) is 30.9 Å². The number of ether oxygens (including phenoxy) is 2. The topological polar surface area (TPSA) is 125 Å². The highest BCUT2D eigenvalue weighted by Gasteiger charge is 2.85. The molecule has 2 amide bonds. The molecule has 4 aliphatic rings. The molecule has 0 radical (unpaired) electrons. The predicted molar refractivity (Wildman–Crippen MR) is 170 cm³/mol. The van der Waals surface area contributed by atoms with Crippen LogP contribution in [-0.4, -0.2) is 52.0 Å². The number of benzene rings is 1. The highest BCUT2D eigenvalue weighted by Crippen LogP contribution is 2.93. The summed E-state index contributed by atoms with van der Waals surface area (Å²) in [5, 5.41) is 7.50. The fourth-order valence-corrected chi connectivity index (χ4v) is 8.42. The number of hydrogen-bond acceptors (Lipinski definition) is 7. The van der Waals surface area contributed by atoms with Crippen molar-refractivity contribution >= 4 is 17.8 Å². The Hall–Kier alpha value is -4.08. The van der Waals surface area contributed by atoms with Crippen LogP contribution in [0.25, 0.3) is 5.82 Å². The van der Waals surface area contributed by atoms with Crippen LogP contribution in [0.4, 0.5) is 10.6 Å². The number of carbonyl (C=O) groups excluding carboxylic acids is 2. The second-order valence-electron chi connectivity index (χ2n) is 14.1. The van der Waals surface area contributed by atoms with E-state index in [-0.39, 0.29) is 12.1 Å². The predicted octanol–water partition coefficient (Wildman–Crippen LogP) is 5.64. The van der Waals surface area contributed by atoms with Crippen molar-refractivity contribution in [1.82, 2.24) is 20.1 Å². The van der Waals surface area contributed by atoms with Gasteiger partial charge < -0.3 is 25.4 Å². The van der Waals surface area contributed by atoms with Crippen molar-refractivity contribution in [2.24, 2.45) is 28.4 Å². The lowest BCUT2D eigenvalue weighted by Crippen LogP contribution is -2.40. The Morgan fingerprint density at radius 1 is 1.02 bits per heavy atom. The van der Waals surface area contributed by atoms with Gasteiger partial charge in [0.1, 0.15) is 12.4 Å². The summed E-state index contributed by atoms with van der Waals surface area (Å²) >= 11 is 0. The van der Waals surface area contributed by atoms with Crippen LogP contribution in [0.1, 0.15) is 81.1 Å². The second-order valence-corrected chi connectivity index (χ2v) is 14.1. The van der Waals surface area contributed by atoms with Crippen molar-refractivity contribution in [3.05, 3.63) is 65.9 Å². The maximum absolute atomic E-state index is 12.5. The molecule has 45 heavy (non-hydrogen) atoms. The van der Waals surface area contributed by atoms with Crippen LogP contribution in [0.2, 0.25) is 0 Å². The summed E-state index contributed by atoms with van der Waals surface area (Å²) in [7, 11) is 0. The van der Waals surface area contributed by atoms with E-state index in [1.165, 1.54) is 25.7 Å². The largest absolute Gasteiger partial charge is 0.477 e. The molecule has 4 fully saturated rings. The maximum atomic E-state index is 12.5. The Bertz CT molecular complexity index is 1540. The van der Waals surface area contributed by atoms with Crippen LogP contribution in [0.3, 0.4) is 0 Å². The number of primary amides is 1. The van der Waals surface area contributed by atoms with Crippen molar-refractivity contribution in [2.45, 2.75) is 77.4 Å². The monoisotopic (exact) mass is 612 g/mol. The summed E-state index contributed by atoms with van der Waals surface area (Å²) < 4.78 is 13.1. The van der Waals surface area contributed by atoms with Crippen LogP contribution in [0.15, 0.2) is 54.7 Å². The standard InChI is InChI=1S/C35H44N6O4/c1-33(2)21-25(9-6-18-37-32(43)45-23-24-7-4-3-5-8-24)22-40(33)31-26(30(36)42)10-11-28(38-31)41-19-12-29(39-41)44-20-13-27-34(14-15-34)35(27)16-17-35/h3-5,7-8,10-12,19,25,27H,6,9,13-18,20-23H2,1-2H3,(H2,36,42)(H,37,43)/t25-/m0/s1. The quantitative estimate of drug-likeness (QED) is 0.240. The SMILES string of the molecule is CC1(C)C[C@H](CCCNC(=O)OCc2ccccc2)CN1c1nc(-n2ccc(OCCC3C4(CC4)C34CC4)n2)ccc1C(N)=O. The van der Waals surface area contributed by atoms with E-state index < -0.39 is 12.0 Å². The highest BCUT2D eigenvalue weighted by atomic mass is 16.5. The van der Waals surface area contributed by atoms with E-state index in [4.69, 9.17) is 20.2 Å². The van der Waals surface area contributed by atoms with Crippen LogP contribution in [0.5, 0.6) is 5.88 Å². The van der Waals surface area contributed by atoms with Crippen LogP contribution in [-0.2, 0) is 11.3 Å². The molecule has 1 aliphatic heterocycles. The van der Waals surface area contributed by atoms with Gasteiger partial charge in [0.2, 0.25) is 5.88 Å². The Morgan fingerprint density at radius 3 is 2.49 bits per heavy atom. The molecular formula is C35H44N6O4. The van der Waals surface area contributed by atoms with E-state index in [0.717, 1.165) is 43.7 Å². The van der Waals surface area contributed by atoms with Crippen molar-refractivity contribution in [2.75, 3.05) is 24.6 Å². The number of amides is 2. The zero-order chi connectivity index (χ0) is 31.2. The number of aromatic nitrogens is 3. The lowest BCUT2D eigenvalue weighted by molar-refractivity contribution is 0.1000. The second kappa shape index (κ2) is 11.4. The molecule has 0 bridgehead atoms. The Morgan fingerprint density at radius 2 is 1.78 bits per heavy atom. The molecule has 1 aromatic carbocycles.